The third-order valence-corrected chi connectivity index (χ3v) is 4.55. The van der Waals surface area contributed by atoms with Crippen LogP contribution in [0.2, 0.25) is 0 Å². The van der Waals surface area contributed by atoms with Gasteiger partial charge in [-0.3, -0.25) is 0 Å². The molecule has 0 aliphatic heterocycles. The first-order valence-corrected chi connectivity index (χ1v) is 8.00. The molecule has 0 unspecified atom stereocenters. The molecule has 4 nitrogen and oxygen atoms in total. The Morgan fingerprint density at radius 1 is 1.26 bits per heavy atom. The number of rotatable bonds is 4. The van der Waals surface area contributed by atoms with Gasteiger partial charge in [0, 0.05) is 19.6 Å². The van der Waals surface area contributed by atoms with Gasteiger partial charge in [-0.2, -0.15) is 0 Å². The summed E-state index contributed by atoms with van der Waals surface area (Å²) in [4.78, 5) is 11.1. The molecule has 1 fully saturated rings. The summed E-state index contributed by atoms with van der Waals surface area (Å²) in [6.45, 7) is 2.94. The molecule has 0 spiro atoms. The van der Waals surface area contributed by atoms with E-state index in [-0.39, 0.29) is 0 Å². The monoisotopic (exact) mass is 326 g/mol. The van der Waals surface area contributed by atoms with E-state index >= 15 is 0 Å². The summed E-state index contributed by atoms with van der Waals surface area (Å²) in [7, 11) is 2.15. The predicted octanol–water partition coefficient (Wildman–Crippen LogP) is 3.83. The van der Waals surface area contributed by atoms with Gasteiger partial charge in [0.15, 0.2) is 0 Å². The first-order chi connectivity index (χ1) is 9.24. The average Bonchev–Trinajstić information content (AvgIpc) is 2.69. The van der Waals surface area contributed by atoms with E-state index in [1.807, 2.05) is 0 Å². The molecule has 5 heteroatoms. The van der Waals surface area contributed by atoms with Crippen LogP contribution in [0.5, 0.6) is 0 Å². The number of nitrogens with zero attached hydrogens (tertiary/aromatic N) is 3. The van der Waals surface area contributed by atoms with Crippen molar-refractivity contribution in [3.63, 3.8) is 0 Å². The lowest BCUT2D eigenvalue weighted by Crippen LogP contribution is -2.32. The average molecular weight is 327 g/mol. The van der Waals surface area contributed by atoms with Gasteiger partial charge in [-0.1, -0.05) is 25.7 Å². The van der Waals surface area contributed by atoms with Gasteiger partial charge in [0.05, 0.1) is 0 Å². The van der Waals surface area contributed by atoms with Crippen LogP contribution in [-0.4, -0.2) is 29.6 Å². The highest BCUT2D eigenvalue weighted by atomic mass is 79.9. The summed E-state index contributed by atoms with van der Waals surface area (Å²) in [5, 5.41) is 3.26. The van der Waals surface area contributed by atoms with Gasteiger partial charge in [0.1, 0.15) is 22.4 Å². The van der Waals surface area contributed by atoms with Crippen LogP contribution in [0.4, 0.5) is 11.6 Å². The highest BCUT2D eigenvalue weighted by molar-refractivity contribution is 9.10. The van der Waals surface area contributed by atoms with Crippen molar-refractivity contribution in [2.45, 2.75) is 51.5 Å². The smallest absolute Gasteiger partial charge is 0.148 e. The van der Waals surface area contributed by atoms with Crippen molar-refractivity contribution in [3.05, 3.63) is 10.8 Å². The lowest BCUT2D eigenvalue weighted by atomic mass is 10.1. The number of hydrogen-bond donors (Lipinski definition) is 1. The fourth-order valence-electron chi connectivity index (χ4n) is 2.72. The van der Waals surface area contributed by atoms with Crippen molar-refractivity contribution >= 4 is 27.6 Å². The summed E-state index contributed by atoms with van der Waals surface area (Å²) in [5.74, 6) is 1.88. The van der Waals surface area contributed by atoms with E-state index in [2.05, 4.69) is 50.1 Å². The van der Waals surface area contributed by atoms with Crippen LogP contribution in [0, 0.1) is 0 Å². The Kier molecular flexibility index (Phi) is 5.43. The SMILES string of the molecule is CCNc1ncnc(N(C)C2CCCCCC2)c1Br. The molecule has 0 atom stereocenters. The molecule has 1 aromatic heterocycles. The molecule has 0 saturated heterocycles. The third kappa shape index (κ3) is 3.59. The molecule has 106 valence electrons. The number of hydrogen-bond acceptors (Lipinski definition) is 4. The minimum Gasteiger partial charge on any atom is -0.369 e. The zero-order valence-electron chi connectivity index (χ0n) is 11.8. The fraction of sp³-hybridized carbons (Fsp3) is 0.714. The molecule has 1 heterocycles. The minimum atomic E-state index is 0.600. The van der Waals surface area contributed by atoms with E-state index in [4.69, 9.17) is 0 Å². The van der Waals surface area contributed by atoms with Gasteiger partial charge >= 0.3 is 0 Å². The molecule has 1 aromatic rings. The van der Waals surface area contributed by atoms with Crippen LogP contribution in [-0.2, 0) is 0 Å². The topological polar surface area (TPSA) is 41.1 Å². The van der Waals surface area contributed by atoms with Gasteiger partial charge in [0.2, 0.25) is 0 Å². The molecule has 0 amide bonds. The van der Waals surface area contributed by atoms with E-state index in [1.165, 1.54) is 38.5 Å². The second-order valence-corrected chi connectivity index (χ2v) is 5.94. The van der Waals surface area contributed by atoms with Crippen LogP contribution in [0.15, 0.2) is 10.8 Å². The van der Waals surface area contributed by atoms with Gasteiger partial charge in [0.25, 0.3) is 0 Å². The number of halogens is 1. The zero-order valence-corrected chi connectivity index (χ0v) is 13.4. The number of nitrogens with one attached hydrogen (secondary N) is 1. The van der Waals surface area contributed by atoms with Crippen LogP contribution in [0.25, 0.3) is 0 Å². The van der Waals surface area contributed by atoms with Gasteiger partial charge in [-0.15, -0.1) is 0 Å². The van der Waals surface area contributed by atoms with E-state index in [0.717, 1.165) is 22.7 Å². The largest absolute Gasteiger partial charge is 0.369 e. The number of anilines is 2. The molecule has 1 aliphatic carbocycles. The highest BCUT2D eigenvalue weighted by Gasteiger charge is 2.21. The van der Waals surface area contributed by atoms with E-state index in [9.17, 15) is 0 Å². The fourth-order valence-corrected chi connectivity index (χ4v) is 3.34. The first kappa shape index (κ1) is 14.6. The lowest BCUT2D eigenvalue weighted by molar-refractivity contribution is 0.548. The molecule has 0 aromatic carbocycles. The van der Waals surface area contributed by atoms with E-state index in [1.54, 1.807) is 6.33 Å². The molecule has 1 aliphatic rings. The van der Waals surface area contributed by atoms with Crippen molar-refractivity contribution in [2.75, 3.05) is 23.8 Å². The van der Waals surface area contributed by atoms with Crippen LogP contribution < -0.4 is 10.2 Å². The van der Waals surface area contributed by atoms with E-state index in [0.29, 0.717) is 6.04 Å². The second-order valence-electron chi connectivity index (χ2n) is 5.15. The van der Waals surface area contributed by atoms with Crippen molar-refractivity contribution in [1.29, 1.82) is 0 Å². The summed E-state index contributed by atoms with van der Waals surface area (Å²) >= 11 is 3.64. The Labute approximate surface area is 124 Å². The Bertz CT molecular complexity index is 402. The maximum Gasteiger partial charge on any atom is 0.148 e. The van der Waals surface area contributed by atoms with Crippen LogP contribution in [0.3, 0.4) is 0 Å². The summed E-state index contributed by atoms with van der Waals surface area (Å²) in [5.41, 5.74) is 0. The molecule has 2 rings (SSSR count). The predicted molar refractivity (Wildman–Crippen MR) is 83.8 cm³/mol. The van der Waals surface area contributed by atoms with Crippen LogP contribution >= 0.6 is 15.9 Å². The van der Waals surface area contributed by atoms with Gasteiger partial charge in [-0.25, -0.2) is 9.97 Å². The summed E-state index contributed by atoms with van der Waals surface area (Å²) in [6, 6.07) is 0.600. The Hall–Kier alpha value is -0.840. The molecule has 1 N–H and O–H groups in total. The highest BCUT2D eigenvalue weighted by Crippen LogP contribution is 2.32. The lowest BCUT2D eigenvalue weighted by Gasteiger charge is -2.29. The maximum atomic E-state index is 4.45. The summed E-state index contributed by atoms with van der Waals surface area (Å²) in [6.07, 6.45) is 9.59. The first-order valence-electron chi connectivity index (χ1n) is 7.21. The molecular formula is C14H23BrN4. The standard InChI is InChI=1S/C14H23BrN4/c1-3-16-13-12(15)14(18-10-17-13)19(2)11-8-6-4-5-7-9-11/h10-11H,3-9H2,1-2H3,(H,16,17,18). The quantitative estimate of drug-likeness (QED) is 0.854. The Balaban J connectivity index is 2.17. The van der Waals surface area contributed by atoms with Crippen molar-refractivity contribution in [2.24, 2.45) is 0 Å². The van der Waals surface area contributed by atoms with Gasteiger partial charge < -0.3 is 10.2 Å². The minimum absolute atomic E-state index is 0.600. The third-order valence-electron chi connectivity index (χ3n) is 3.82. The Morgan fingerprint density at radius 2 is 1.95 bits per heavy atom. The van der Waals surface area contributed by atoms with Crippen molar-refractivity contribution < 1.29 is 0 Å². The molecule has 0 radical (unpaired) electrons. The van der Waals surface area contributed by atoms with Crippen molar-refractivity contribution in [1.82, 2.24) is 9.97 Å². The second kappa shape index (κ2) is 7.08. The normalized spacial score (nSPS) is 17.0. The molecular weight excluding hydrogens is 304 g/mol. The Morgan fingerprint density at radius 3 is 2.58 bits per heavy atom. The van der Waals surface area contributed by atoms with Crippen LogP contribution in [0.1, 0.15) is 45.4 Å². The molecule has 1 saturated carbocycles. The zero-order chi connectivity index (χ0) is 13.7. The summed E-state index contributed by atoms with van der Waals surface area (Å²) < 4.78 is 0.976. The maximum absolute atomic E-state index is 4.45. The molecule has 0 bridgehead atoms. The van der Waals surface area contributed by atoms with Gasteiger partial charge in [-0.05, 0) is 35.7 Å². The van der Waals surface area contributed by atoms with Crippen molar-refractivity contribution in [3.8, 4) is 0 Å². The molecule has 19 heavy (non-hydrogen) atoms. The van der Waals surface area contributed by atoms with E-state index < -0.39 is 0 Å². The number of aromatic nitrogens is 2.